The van der Waals surface area contributed by atoms with Crippen molar-refractivity contribution < 1.29 is 112 Å². The molecule has 7 N–H and O–H groups in total. The van der Waals surface area contributed by atoms with E-state index in [9.17, 15) is 86.9 Å². The molecule has 16 rings (SSSR count). The highest BCUT2D eigenvalue weighted by atomic mass is 32.1. The van der Waals surface area contributed by atoms with E-state index in [0.29, 0.717) is 22.3 Å². The molecule has 0 radical (unpaired) electrons. The quantitative estimate of drug-likeness (QED) is 0.00951. The first-order valence-electron chi connectivity index (χ1n) is 44.1. The number of carbonyl (C=O) groups is 16. The third-order valence-electron chi connectivity index (χ3n) is 21.9. The van der Waals surface area contributed by atoms with E-state index < -0.39 is 53.6 Å². The van der Waals surface area contributed by atoms with Gasteiger partial charge in [-0.15, -0.1) is 22.7 Å². The lowest BCUT2D eigenvalue weighted by Gasteiger charge is -2.15. The number of imide groups is 1. The maximum Gasteiger partial charge on any atom is 0.336 e. The predicted octanol–water partition coefficient (Wildman–Crippen LogP) is 22.0. The standard InChI is InChI=1S/C18H13NO5.C18H13NO3S.C17H13NO3.C17H16O3.C17H14O3.C16H14O3.C12H9NO3S/c1-10(20)11-6-7-14-15(8-11)17(22)19(16(14)21)9-12-4-2-3-5-13(12)18(23)24;20-16(14-8-4-5-9-15(14)18(21)22)10-13-11-19-17(23-13)12-6-2-1-3-7-12;1-11-3-5-12(6-4-11)9-16(19)15-10-13(18-2)7-8-14(15)17(20)21;1-12-6-8-13(9-7-12)10-16(18)15-5-3-2-4-14(15)11-17(19)20;1-12-6-8-13(9-7-12)10-11-16(18)14-4-2-3-5-15(14)17(19)20;1-11-6-2-3-7-12(11)10-15(17)13-8-4-5-9-14(13)16(18)19;14-11(5-8-6-13-7-17-8)9-3-1-2-4-10(9)12(15)16/h2-8H,9H2,1H3,(H,23,24);1-9,11H,10H2,(H,21,22);3-8,10H,9H2,1H3,(H,20,21);2-9H,10-11H2,1H3,(H,19,20);2-11H,1H3,(H,19,20);2-9H,10H2,1H3,(H,18,19);1-4,6-7H,5H2,(H,15,16)/b;;;;11-10+;;. The van der Waals surface area contributed by atoms with Crippen LogP contribution in [0.2, 0.25) is 0 Å². The van der Waals surface area contributed by atoms with Crippen LogP contribution >= 0.6 is 22.7 Å². The monoisotopic (exact) mass is 1960 g/mol. The summed E-state index contributed by atoms with van der Waals surface area (Å²) in [5, 5.41) is 64.4. The molecule has 13 aromatic carbocycles. The molecule has 1 aliphatic rings. The van der Waals surface area contributed by atoms with Gasteiger partial charge in [0, 0.05) is 98.8 Å². The van der Waals surface area contributed by atoms with Gasteiger partial charge < -0.3 is 35.7 Å². The predicted molar refractivity (Wildman–Crippen MR) is 543 cm³/mol. The van der Waals surface area contributed by atoms with Gasteiger partial charge in [-0.05, 0) is 128 Å². The Hall–Kier alpha value is -18.5. The van der Waals surface area contributed by atoms with Crippen molar-refractivity contribution in [2.45, 2.75) is 79.7 Å². The Kier molecular flexibility index (Phi) is 39.0. The van der Waals surface area contributed by atoms with Crippen LogP contribution < -0.4 is 0 Å². The molecule has 29 heteroatoms. The number of carbonyl (C=O) groups excluding carboxylic acids is 9. The summed E-state index contributed by atoms with van der Waals surface area (Å²) in [6, 6.07) is 86.8. The molecule has 0 aliphatic carbocycles. The van der Waals surface area contributed by atoms with Gasteiger partial charge in [-0.3, -0.25) is 57.8 Å². The molecule has 2 aromatic heterocycles. The van der Waals surface area contributed by atoms with E-state index in [-0.39, 0.29) is 164 Å². The maximum atomic E-state index is 12.5. The Morgan fingerprint density at radius 1 is 0.361 bits per heavy atom. The Bertz CT molecular complexity index is 7420. The number of Topliss-reactive ketones (excluding diaryl/α,β-unsaturated/α-hetero) is 6. The summed E-state index contributed by atoms with van der Waals surface area (Å²) >= 11 is 2.82. The lowest BCUT2D eigenvalue weighted by molar-refractivity contribution is -0.136. The van der Waals surface area contributed by atoms with Crippen molar-refractivity contribution in [1.29, 1.82) is 0 Å². The first-order chi connectivity index (χ1) is 69.0. The second-order valence-electron chi connectivity index (χ2n) is 32.2. The highest BCUT2D eigenvalue weighted by molar-refractivity contribution is 7.15. The first-order valence-corrected chi connectivity index (χ1v) is 45.8. The number of rotatable bonds is 30. The van der Waals surface area contributed by atoms with Crippen molar-refractivity contribution in [3.63, 3.8) is 0 Å². The summed E-state index contributed by atoms with van der Waals surface area (Å²) in [4.78, 5) is 201. The molecule has 0 fully saturated rings. The van der Waals surface area contributed by atoms with Crippen LogP contribution in [0.4, 0.5) is 5.69 Å². The number of fused-ring (bicyclic) bond motifs is 1. The highest BCUT2D eigenvalue weighted by Crippen LogP contribution is 2.31. The van der Waals surface area contributed by atoms with E-state index in [1.807, 2.05) is 155 Å². The zero-order valence-corrected chi connectivity index (χ0v) is 79.7. The lowest BCUT2D eigenvalue weighted by Crippen LogP contribution is -2.29. The SMILES string of the molecule is CC(=O)c1ccc2c(c1)C(=O)N(Cc1ccccc1C(=O)O)C2=O.Cc1ccc(/C=C/C(=O)c2ccccc2C(=O)O)cc1.Cc1ccc(CC(=O)c2ccccc2CC(=O)O)cc1.Cc1ccccc1CC(=O)c1ccccc1C(=O)O.O=C(O)c1ccccc1C(=O)Cc1cnc(-c2ccccc2)s1.O=C(O)c1ccccc1C(=O)Cc1cncs1.[C-]#[N+]c1ccc(C(=O)O)c(C(=O)Cc2ccc(C)cc2)c1. The molecule has 1 aliphatic heterocycles. The molecule has 144 heavy (non-hydrogen) atoms. The number of thiazole rings is 2. The minimum Gasteiger partial charge on any atom is -0.481 e. The van der Waals surface area contributed by atoms with Gasteiger partial charge in [-0.2, -0.15) is 0 Å². The highest BCUT2D eigenvalue weighted by Gasteiger charge is 2.37. The van der Waals surface area contributed by atoms with Crippen LogP contribution in [-0.4, -0.2) is 145 Å². The van der Waals surface area contributed by atoms with Crippen LogP contribution in [0, 0.1) is 34.3 Å². The molecule has 722 valence electrons. The topological polar surface area (TPSA) is 448 Å². The van der Waals surface area contributed by atoms with Gasteiger partial charge in [0.15, 0.2) is 46.2 Å². The molecule has 27 nitrogen and oxygen atoms in total. The summed E-state index contributed by atoms with van der Waals surface area (Å²) < 4.78 is 0. The largest absolute Gasteiger partial charge is 0.481 e. The summed E-state index contributed by atoms with van der Waals surface area (Å²) in [5.41, 5.74) is 14.2. The van der Waals surface area contributed by atoms with Gasteiger partial charge in [-0.25, -0.2) is 38.6 Å². The van der Waals surface area contributed by atoms with Gasteiger partial charge in [-0.1, -0.05) is 284 Å². The number of ketones is 7. The van der Waals surface area contributed by atoms with Crippen molar-refractivity contribution in [1.82, 2.24) is 14.9 Å². The second kappa shape index (κ2) is 52.3. The number of aryl methyl sites for hydroxylation is 4. The zero-order valence-electron chi connectivity index (χ0n) is 78.0. The number of aromatic nitrogens is 2. The van der Waals surface area contributed by atoms with Crippen LogP contribution in [-0.2, 0) is 49.9 Å². The van der Waals surface area contributed by atoms with E-state index in [1.165, 1.54) is 115 Å². The summed E-state index contributed by atoms with van der Waals surface area (Å²) in [6.07, 6.45) is 7.20. The average molecular weight is 1960 g/mol. The fourth-order valence-corrected chi connectivity index (χ4v) is 15.9. The number of carboxylic acid groups (broad SMARTS) is 7. The Labute approximate surface area is 834 Å². The number of aliphatic carboxylic acids is 1. The van der Waals surface area contributed by atoms with E-state index in [2.05, 4.69) is 14.8 Å². The van der Waals surface area contributed by atoms with Crippen LogP contribution in [0.25, 0.3) is 21.5 Å². The van der Waals surface area contributed by atoms with Crippen molar-refractivity contribution in [3.05, 3.63) is 494 Å². The van der Waals surface area contributed by atoms with Gasteiger partial charge >= 0.3 is 41.8 Å². The van der Waals surface area contributed by atoms with Crippen molar-refractivity contribution in [2.75, 3.05) is 0 Å². The third-order valence-corrected chi connectivity index (χ3v) is 23.7. The zero-order chi connectivity index (χ0) is 104. The number of nitrogens with zero attached hydrogens (tertiary/aromatic N) is 4. The van der Waals surface area contributed by atoms with Crippen LogP contribution in [0.3, 0.4) is 0 Å². The van der Waals surface area contributed by atoms with E-state index in [4.69, 9.17) is 32.1 Å². The summed E-state index contributed by atoms with van der Waals surface area (Å²) in [5.74, 6) is -10.1. The number of carboxylic acids is 7. The smallest absolute Gasteiger partial charge is 0.336 e. The number of benzene rings is 13. The minimum atomic E-state index is -1.17. The number of hydrogen-bond donors (Lipinski definition) is 7. The Morgan fingerprint density at radius 3 is 1.24 bits per heavy atom. The Morgan fingerprint density at radius 2 is 0.764 bits per heavy atom. The number of aromatic carboxylic acids is 6. The summed E-state index contributed by atoms with van der Waals surface area (Å²) in [6.45, 7) is 16.1. The van der Waals surface area contributed by atoms with E-state index in [0.717, 1.165) is 69.7 Å². The fourth-order valence-electron chi connectivity index (χ4n) is 14.4. The molecular formula is C115H92N4O23S2. The van der Waals surface area contributed by atoms with E-state index in [1.54, 1.807) is 127 Å². The fraction of sp³-hybridized carbons (Fsp3) is 0.104. The molecule has 0 bridgehead atoms. The minimum absolute atomic E-state index is 0.0195. The lowest BCUT2D eigenvalue weighted by atomic mass is 9.96. The van der Waals surface area contributed by atoms with Gasteiger partial charge in [0.1, 0.15) is 5.01 Å². The summed E-state index contributed by atoms with van der Waals surface area (Å²) in [7, 11) is 0. The number of amides is 2. The molecule has 0 spiro atoms. The maximum absolute atomic E-state index is 12.5. The number of hydrogen-bond acceptors (Lipinski definition) is 20. The number of allylic oxidation sites excluding steroid dienone is 1. The van der Waals surface area contributed by atoms with Gasteiger partial charge in [0.05, 0.1) is 69.6 Å². The van der Waals surface area contributed by atoms with Crippen LogP contribution in [0.1, 0.15) is 228 Å². The molecule has 3 heterocycles. The molecule has 0 atom stereocenters. The van der Waals surface area contributed by atoms with Crippen LogP contribution in [0.5, 0.6) is 0 Å². The first kappa shape index (κ1) is 108. The third kappa shape index (κ3) is 30.7. The van der Waals surface area contributed by atoms with Crippen molar-refractivity contribution in [2.24, 2.45) is 0 Å². The van der Waals surface area contributed by atoms with E-state index >= 15 is 0 Å². The Balaban J connectivity index is 0.000000173. The molecular weight excluding hydrogens is 1870 g/mol. The second-order valence-corrected chi connectivity index (χ2v) is 34.3. The molecule has 0 unspecified atom stereocenters. The van der Waals surface area contributed by atoms with Crippen molar-refractivity contribution in [3.8, 4) is 10.6 Å². The van der Waals surface area contributed by atoms with Crippen LogP contribution in [0.15, 0.2) is 333 Å². The van der Waals surface area contributed by atoms with Crippen molar-refractivity contribution >= 4 is 129 Å². The normalized spacial score (nSPS) is 10.7. The van der Waals surface area contributed by atoms with Gasteiger partial charge in [0.2, 0.25) is 0 Å². The molecule has 2 amide bonds. The average Bonchev–Trinajstić information content (AvgIpc) is 1.62. The molecule has 0 saturated heterocycles. The molecule has 0 saturated carbocycles. The molecule has 15 aromatic rings. The van der Waals surface area contributed by atoms with Gasteiger partial charge in [0.25, 0.3) is 11.8 Å².